The largest absolute Gasteiger partial charge is 0.496 e. The predicted octanol–water partition coefficient (Wildman–Crippen LogP) is 7.58. The number of aromatic nitrogens is 5. The van der Waals surface area contributed by atoms with Crippen LogP contribution in [0.3, 0.4) is 0 Å². The average Bonchev–Trinajstić information content (AvgIpc) is 3.62. The molecule has 0 radical (unpaired) electrons. The van der Waals surface area contributed by atoms with Gasteiger partial charge < -0.3 is 9.15 Å². The highest BCUT2D eigenvalue weighted by Crippen LogP contribution is 2.39. The molecule has 0 atom stereocenters. The second kappa shape index (κ2) is 9.47. The first-order valence-electron chi connectivity index (χ1n) is 13.0. The zero-order chi connectivity index (χ0) is 27.2. The molecule has 194 valence electrons. The Kier molecular flexibility index (Phi) is 5.63. The summed E-state index contributed by atoms with van der Waals surface area (Å²) in [5.74, 6) is 1.50. The molecule has 0 fully saturated rings. The van der Waals surface area contributed by atoms with Gasteiger partial charge in [-0.25, -0.2) is 9.67 Å². The third-order valence-corrected chi connectivity index (χ3v) is 7.13. The highest BCUT2D eigenvalue weighted by molar-refractivity contribution is 6.10. The number of hydrogen-bond acceptors (Lipinski definition) is 6. The second-order valence-corrected chi connectivity index (χ2v) is 9.73. The summed E-state index contributed by atoms with van der Waals surface area (Å²) in [7, 11) is 1.63. The third kappa shape index (κ3) is 3.91. The maximum atomic E-state index is 6.14. The lowest BCUT2D eigenvalue weighted by molar-refractivity contribution is 0.414. The van der Waals surface area contributed by atoms with Crippen molar-refractivity contribution in [3.05, 3.63) is 108 Å². The van der Waals surface area contributed by atoms with E-state index in [4.69, 9.17) is 19.2 Å². The lowest BCUT2D eigenvalue weighted by atomic mass is 9.95. The molecule has 0 amide bonds. The number of benzene rings is 4. The molecule has 7 rings (SSSR count). The highest BCUT2D eigenvalue weighted by atomic mass is 16.5. The zero-order valence-corrected chi connectivity index (χ0v) is 22.3. The number of fused-ring (bicyclic) bond motifs is 2. The van der Waals surface area contributed by atoms with Crippen LogP contribution in [0.2, 0.25) is 0 Å². The first-order chi connectivity index (χ1) is 19.6. The molecule has 0 unspecified atom stereocenters. The molecule has 0 aliphatic carbocycles. The minimum Gasteiger partial charge on any atom is -0.496 e. The standard InChI is InChI=1S/C33H25N5O2/c1-20-13-15-22(16-14-20)30-26-19-23(32-35-36-33(40-32)25-11-7-8-12-28(25)39-3)17-18-27(26)34-31-29(30)21(2)37-38(31)24-9-5-4-6-10-24/h4-19H,1-3H3. The molecule has 0 bridgehead atoms. The number of nitrogens with zero attached hydrogens (tertiary/aromatic N) is 5. The van der Waals surface area contributed by atoms with Crippen molar-refractivity contribution < 1.29 is 9.15 Å². The number of rotatable bonds is 5. The van der Waals surface area contributed by atoms with Crippen molar-refractivity contribution in [1.29, 1.82) is 0 Å². The van der Waals surface area contributed by atoms with E-state index in [9.17, 15) is 0 Å². The van der Waals surface area contributed by atoms with E-state index in [1.807, 2.05) is 78.3 Å². The highest BCUT2D eigenvalue weighted by Gasteiger charge is 2.21. The Balaban J connectivity index is 1.46. The van der Waals surface area contributed by atoms with Crippen LogP contribution in [0, 0.1) is 13.8 Å². The molecule has 40 heavy (non-hydrogen) atoms. The molecule has 0 saturated carbocycles. The Bertz CT molecular complexity index is 2010. The number of ether oxygens (including phenoxy) is 1. The summed E-state index contributed by atoms with van der Waals surface area (Å²) in [6, 6.07) is 32.3. The molecular formula is C33H25N5O2. The van der Waals surface area contributed by atoms with Gasteiger partial charge in [-0.3, -0.25) is 0 Å². The van der Waals surface area contributed by atoms with Crippen molar-refractivity contribution in [1.82, 2.24) is 25.0 Å². The Morgan fingerprint density at radius 3 is 2.27 bits per heavy atom. The molecular weight excluding hydrogens is 498 g/mol. The minimum atomic E-state index is 0.403. The summed E-state index contributed by atoms with van der Waals surface area (Å²) in [6.07, 6.45) is 0. The molecule has 7 heteroatoms. The first kappa shape index (κ1) is 23.8. The van der Waals surface area contributed by atoms with Gasteiger partial charge in [0.1, 0.15) is 5.75 Å². The van der Waals surface area contributed by atoms with E-state index in [2.05, 4.69) is 47.5 Å². The summed E-state index contributed by atoms with van der Waals surface area (Å²) in [4.78, 5) is 5.11. The van der Waals surface area contributed by atoms with E-state index in [0.29, 0.717) is 17.5 Å². The molecule has 0 aliphatic heterocycles. The monoisotopic (exact) mass is 523 g/mol. The number of methoxy groups -OCH3 is 1. The van der Waals surface area contributed by atoms with Crippen LogP contribution in [0.1, 0.15) is 11.3 Å². The Labute approximate surface area is 230 Å². The topological polar surface area (TPSA) is 78.9 Å². The molecule has 3 aromatic heterocycles. The SMILES string of the molecule is COc1ccccc1-c1nnc(-c2ccc3nc4c(c(C)nn4-c4ccccc4)c(-c4ccc(C)cc4)c3c2)o1. The van der Waals surface area contributed by atoms with Gasteiger partial charge in [0, 0.05) is 16.5 Å². The van der Waals surface area contributed by atoms with E-state index in [-0.39, 0.29) is 0 Å². The van der Waals surface area contributed by atoms with Crippen molar-refractivity contribution in [3.63, 3.8) is 0 Å². The maximum Gasteiger partial charge on any atom is 0.251 e. The number of aryl methyl sites for hydroxylation is 2. The fourth-order valence-corrected chi connectivity index (χ4v) is 5.17. The van der Waals surface area contributed by atoms with Gasteiger partial charge in [0.2, 0.25) is 5.89 Å². The fourth-order valence-electron chi connectivity index (χ4n) is 5.17. The van der Waals surface area contributed by atoms with Crippen molar-refractivity contribution in [3.8, 4) is 45.5 Å². The number of hydrogen-bond donors (Lipinski definition) is 0. The summed E-state index contributed by atoms with van der Waals surface area (Å²) >= 11 is 0. The van der Waals surface area contributed by atoms with Gasteiger partial charge in [0.05, 0.1) is 35.0 Å². The Hall–Kier alpha value is -5.30. The van der Waals surface area contributed by atoms with Crippen LogP contribution in [0.4, 0.5) is 0 Å². The maximum absolute atomic E-state index is 6.14. The summed E-state index contributed by atoms with van der Waals surface area (Å²) in [5, 5.41) is 15.6. The first-order valence-corrected chi connectivity index (χ1v) is 13.0. The minimum absolute atomic E-state index is 0.403. The summed E-state index contributed by atoms with van der Waals surface area (Å²) < 4.78 is 13.6. The average molecular weight is 524 g/mol. The van der Waals surface area contributed by atoms with E-state index in [0.717, 1.165) is 55.6 Å². The Morgan fingerprint density at radius 1 is 0.750 bits per heavy atom. The van der Waals surface area contributed by atoms with E-state index >= 15 is 0 Å². The van der Waals surface area contributed by atoms with E-state index in [1.54, 1.807) is 7.11 Å². The van der Waals surface area contributed by atoms with Gasteiger partial charge in [-0.05, 0) is 61.9 Å². The molecule has 3 heterocycles. The molecule has 7 aromatic rings. The van der Waals surface area contributed by atoms with Crippen LogP contribution in [0.15, 0.2) is 101 Å². The van der Waals surface area contributed by atoms with Crippen molar-refractivity contribution in [2.24, 2.45) is 0 Å². The van der Waals surface area contributed by atoms with Gasteiger partial charge in [-0.1, -0.05) is 60.2 Å². The normalized spacial score (nSPS) is 11.4. The quantitative estimate of drug-likeness (QED) is 0.231. The van der Waals surface area contributed by atoms with Crippen LogP contribution in [0.5, 0.6) is 5.75 Å². The fraction of sp³-hybridized carbons (Fsp3) is 0.0909. The summed E-state index contributed by atoms with van der Waals surface area (Å²) in [6.45, 7) is 4.13. The van der Waals surface area contributed by atoms with Gasteiger partial charge in [-0.15, -0.1) is 10.2 Å². The number of para-hydroxylation sites is 2. The molecule has 0 saturated heterocycles. The lowest BCUT2D eigenvalue weighted by Crippen LogP contribution is -1.98. The van der Waals surface area contributed by atoms with E-state index in [1.165, 1.54) is 5.56 Å². The van der Waals surface area contributed by atoms with Crippen molar-refractivity contribution >= 4 is 21.9 Å². The van der Waals surface area contributed by atoms with E-state index < -0.39 is 0 Å². The second-order valence-electron chi connectivity index (χ2n) is 9.73. The third-order valence-electron chi connectivity index (χ3n) is 7.13. The van der Waals surface area contributed by atoms with Gasteiger partial charge in [0.15, 0.2) is 5.65 Å². The Morgan fingerprint density at radius 2 is 1.48 bits per heavy atom. The molecule has 4 aromatic carbocycles. The van der Waals surface area contributed by atoms with Gasteiger partial charge in [0.25, 0.3) is 5.89 Å². The molecule has 0 aliphatic rings. The number of pyridine rings is 1. The summed E-state index contributed by atoms with van der Waals surface area (Å²) in [5.41, 5.74) is 8.47. The smallest absolute Gasteiger partial charge is 0.251 e. The lowest BCUT2D eigenvalue weighted by Gasteiger charge is -2.12. The van der Waals surface area contributed by atoms with Crippen LogP contribution >= 0.6 is 0 Å². The van der Waals surface area contributed by atoms with Crippen molar-refractivity contribution in [2.45, 2.75) is 13.8 Å². The zero-order valence-electron chi connectivity index (χ0n) is 22.3. The van der Waals surface area contributed by atoms with Gasteiger partial charge in [-0.2, -0.15) is 5.10 Å². The van der Waals surface area contributed by atoms with Crippen LogP contribution in [0.25, 0.3) is 61.7 Å². The predicted molar refractivity (Wildman–Crippen MR) is 157 cm³/mol. The van der Waals surface area contributed by atoms with Gasteiger partial charge >= 0.3 is 0 Å². The van der Waals surface area contributed by atoms with Crippen molar-refractivity contribution in [2.75, 3.05) is 7.11 Å². The molecule has 0 spiro atoms. The molecule has 7 nitrogen and oxygen atoms in total. The molecule has 0 N–H and O–H groups in total. The van der Waals surface area contributed by atoms with Crippen LogP contribution in [-0.4, -0.2) is 32.1 Å². The van der Waals surface area contributed by atoms with Crippen LogP contribution < -0.4 is 4.74 Å². The van der Waals surface area contributed by atoms with Crippen LogP contribution in [-0.2, 0) is 0 Å².